The van der Waals surface area contributed by atoms with Crippen LogP contribution in [-0.4, -0.2) is 51.9 Å². The van der Waals surface area contributed by atoms with Crippen molar-refractivity contribution >= 4 is 28.4 Å². The third kappa shape index (κ3) is 3.79. The molecule has 1 saturated heterocycles. The first-order valence-corrected chi connectivity index (χ1v) is 8.09. The zero-order valence-electron chi connectivity index (χ0n) is 13.4. The fourth-order valence-electron chi connectivity index (χ4n) is 2.90. The minimum absolute atomic E-state index is 0.179. The standard InChI is InChI=1S/C17H20ClN4O/c1-12(2)8-21-5-6-22(16(23)10-21)9-13-3-4-14-15(7-13)19-11-20-17(14)18/h3-4,7,11H,5-6,8-10H2,1-2H3. The van der Waals surface area contributed by atoms with Crippen molar-refractivity contribution in [2.45, 2.75) is 20.4 Å². The van der Waals surface area contributed by atoms with Gasteiger partial charge in [-0.3, -0.25) is 9.69 Å². The summed E-state index contributed by atoms with van der Waals surface area (Å²) in [6.07, 6.45) is 1.46. The molecule has 0 unspecified atom stereocenters. The van der Waals surface area contributed by atoms with Gasteiger partial charge in [0.2, 0.25) is 5.91 Å². The maximum Gasteiger partial charge on any atom is 0.237 e. The topological polar surface area (TPSA) is 49.3 Å². The van der Waals surface area contributed by atoms with Crippen molar-refractivity contribution in [2.24, 2.45) is 0 Å². The Labute approximate surface area is 141 Å². The lowest BCUT2D eigenvalue weighted by Gasteiger charge is -2.35. The van der Waals surface area contributed by atoms with Crippen LogP contribution in [-0.2, 0) is 11.3 Å². The third-order valence-electron chi connectivity index (χ3n) is 3.96. The Balaban J connectivity index is 1.69. The Kier molecular flexibility index (Phi) is 4.78. The second-order valence-electron chi connectivity index (χ2n) is 6.25. The molecule has 0 aliphatic carbocycles. The average molecular weight is 332 g/mol. The van der Waals surface area contributed by atoms with Gasteiger partial charge in [0.25, 0.3) is 0 Å². The van der Waals surface area contributed by atoms with Crippen LogP contribution in [0.3, 0.4) is 0 Å². The number of piperazine rings is 1. The molecule has 121 valence electrons. The van der Waals surface area contributed by atoms with E-state index in [2.05, 4.69) is 28.7 Å². The molecular formula is C17H20ClN4O. The Morgan fingerprint density at radius 1 is 1.26 bits per heavy atom. The van der Waals surface area contributed by atoms with E-state index < -0.39 is 0 Å². The van der Waals surface area contributed by atoms with Gasteiger partial charge in [0.1, 0.15) is 11.5 Å². The summed E-state index contributed by atoms with van der Waals surface area (Å²) in [5.74, 6) is 1.51. The quantitative estimate of drug-likeness (QED) is 0.808. The lowest BCUT2D eigenvalue weighted by Crippen LogP contribution is -2.50. The Hall–Kier alpha value is -1.72. The van der Waals surface area contributed by atoms with Gasteiger partial charge in [0.15, 0.2) is 0 Å². The SMILES string of the molecule is C[C](C)CN1CCN(Cc2ccc3c(Cl)ncnc3c2)C(=O)C1. The summed E-state index contributed by atoms with van der Waals surface area (Å²) in [6.45, 7) is 7.86. The highest BCUT2D eigenvalue weighted by Gasteiger charge is 2.24. The van der Waals surface area contributed by atoms with Gasteiger partial charge in [-0.25, -0.2) is 9.97 Å². The molecule has 2 aromatic rings. The van der Waals surface area contributed by atoms with E-state index in [0.717, 1.165) is 36.1 Å². The Bertz CT molecular complexity index is 719. The van der Waals surface area contributed by atoms with Gasteiger partial charge in [-0.1, -0.05) is 31.5 Å². The fourth-order valence-corrected chi connectivity index (χ4v) is 3.10. The highest BCUT2D eigenvalue weighted by Crippen LogP contribution is 2.21. The van der Waals surface area contributed by atoms with Gasteiger partial charge >= 0.3 is 0 Å². The minimum Gasteiger partial charge on any atom is -0.336 e. The van der Waals surface area contributed by atoms with Crippen LogP contribution >= 0.6 is 11.6 Å². The van der Waals surface area contributed by atoms with Crippen molar-refractivity contribution in [1.29, 1.82) is 0 Å². The fraction of sp³-hybridized carbons (Fsp3) is 0.412. The molecule has 0 bridgehead atoms. The molecule has 0 saturated carbocycles. The maximum absolute atomic E-state index is 12.3. The van der Waals surface area contributed by atoms with Crippen LogP contribution < -0.4 is 0 Å². The smallest absolute Gasteiger partial charge is 0.237 e. The van der Waals surface area contributed by atoms with Crippen molar-refractivity contribution in [3.05, 3.63) is 41.2 Å². The second kappa shape index (κ2) is 6.81. The zero-order chi connectivity index (χ0) is 16.4. The van der Waals surface area contributed by atoms with Crippen molar-refractivity contribution in [2.75, 3.05) is 26.2 Å². The van der Waals surface area contributed by atoms with Crippen LogP contribution in [0.4, 0.5) is 0 Å². The minimum atomic E-state index is 0.179. The van der Waals surface area contributed by atoms with Gasteiger partial charge in [0.05, 0.1) is 12.1 Å². The molecule has 5 nitrogen and oxygen atoms in total. The molecule has 1 aromatic carbocycles. The summed E-state index contributed by atoms with van der Waals surface area (Å²) in [6, 6.07) is 5.89. The Morgan fingerprint density at radius 2 is 2.09 bits per heavy atom. The zero-order valence-corrected chi connectivity index (χ0v) is 14.2. The summed E-state index contributed by atoms with van der Waals surface area (Å²) < 4.78 is 0. The van der Waals surface area contributed by atoms with Crippen LogP contribution in [0.5, 0.6) is 0 Å². The summed E-state index contributed by atoms with van der Waals surface area (Å²) in [7, 11) is 0. The monoisotopic (exact) mass is 331 g/mol. The van der Waals surface area contributed by atoms with Crippen molar-refractivity contribution in [3.63, 3.8) is 0 Å². The Morgan fingerprint density at radius 3 is 2.83 bits per heavy atom. The van der Waals surface area contributed by atoms with Crippen LogP contribution in [0.25, 0.3) is 10.9 Å². The number of amides is 1. The van der Waals surface area contributed by atoms with Gasteiger partial charge < -0.3 is 4.90 Å². The summed E-state index contributed by atoms with van der Waals surface area (Å²) in [5, 5.41) is 1.29. The first-order chi connectivity index (χ1) is 11.0. The van der Waals surface area contributed by atoms with Crippen molar-refractivity contribution in [1.82, 2.24) is 19.8 Å². The third-order valence-corrected chi connectivity index (χ3v) is 4.26. The molecule has 1 aliphatic heterocycles. The molecule has 0 atom stereocenters. The van der Waals surface area contributed by atoms with Crippen LogP contribution in [0, 0.1) is 5.92 Å². The molecule has 0 N–H and O–H groups in total. The molecule has 1 aromatic heterocycles. The lowest BCUT2D eigenvalue weighted by atomic mass is 10.1. The van der Waals surface area contributed by atoms with E-state index in [1.807, 2.05) is 23.1 Å². The molecule has 1 aliphatic rings. The number of carbonyl (C=O) groups is 1. The normalized spacial score (nSPS) is 16.5. The molecular weight excluding hydrogens is 312 g/mol. The predicted molar refractivity (Wildman–Crippen MR) is 91.0 cm³/mol. The highest BCUT2D eigenvalue weighted by atomic mass is 35.5. The molecule has 1 amide bonds. The van der Waals surface area contributed by atoms with E-state index in [0.29, 0.717) is 18.2 Å². The van der Waals surface area contributed by atoms with Gasteiger partial charge in [0, 0.05) is 31.6 Å². The number of hydrogen-bond acceptors (Lipinski definition) is 4. The number of nitrogens with zero attached hydrogens (tertiary/aromatic N) is 4. The number of hydrogen-bond donors (Lipinski definition) is 0. The van der Waals surface area contributed by atoms with Gasteiger partial charge in [-0.15, -0.1) is 0 Å². The maximum atomic E-state index is 12.3. The molecule has 3 rings (SSSR count). The van der Waals surface area contributed by atoms with Crippen LogP contribution in [0.15, 0.2) is 24.5 Å². The van der Waals surface area contributed by atoms with E-state index >= 15 is 0 Å². The number of fused-ring (bicyclic) bond motifs is 1. The number of benzene rings is 1. The first kappa shape index (κ1) is 16.1. The van der Waals surface area contributed by atoms with E-state index in [-0.39, 0.29) is 5.91 Å². The first-order valence-electron chi connectivity index (χ1n) is 7.71. The highest BCUT2D eigenvalue weighted by molar-refractivity contribution is 6.34. The summed E-state index contributed by atoms with van der Waals surface area (Å²) in [4.78, 5) is 24.7. The van der Waals surface area contributed by atoms with Gasteiger partial charge in [-0.05, 0) is 23.6 Å². The van der Waals surface area contributed by atoms with E-state index in [1.54, 1.807) is 0 Å². The van der Waals surface area contributed by atoms with Crippen LogP contribution in [0.2, 0.25) is 5.15 Å². The van der Waals surface area contributed by atoms with Crippen LogP contribution in [0.1, 0.15) is 19.4 Å². The van der Waals surface area contributed by atoms with E-state index in [9.17, 15) is 4.79 Å². The molecule has 6 heteroatoms. The molecule has 1 fully saturated rings. The number of halogens is 1. The molecule has 1 radical (unpaired) electrons. The van der Waals surface area contributed by atoms with E-state index in [4.69, 9.17) is 11.6 Å². The summed E-state index contributed by atoms with van der Waals surface area (Å²) in [5.41, 5.74) is 1.87. The van der Waals surface area contributed by atoms with Crippen molar-refractivity contribution in [3.8, 4) is 0 Å². The predicted octanol–water partition coefficient (Wildman–Crippen LogP) is 2.54. The average Bonchev–Trinajstić information content (AvgIpc) is 2.50. The number of carbonyl (C=O) groups excluding carboxylic acids is 1. The van der Waals surface area contributed by atoms with E-state index in [1.165, 1.54) is 12.2 Å². The molecule has 23 heavy (non-hydrogen) atoms. The number of aromatic nitrogens is 2. The molecule has 2 heterocycles. The van der Waals surface area contributed by atoms with Crippen molar-refractivity contribution < 1.29 is 4.79 Å². The lowest BCUT2D eigenvalue weighted by molar-refractivity contribution is -0.136. The van der Waals surface area contributed by atoms with Gasteiger partial charge in [-0.2, -0.15) is 0 Å². The second-order valence-corrected chi connectivity index (χ2v) is 6.61. The molecule has 0 spiro atoms. The number of rotatable bonds is 4. The summed E-state index contributed by atoms with van der Waals surface area (Å²) >= 11 is 6.06. The largest absolute Gasteiger partial charge is 0.336 e.